The summed E-state index contributed by atoms with van der Waals surface area (Å²) in [6, 6.07) is 7.90. The van der Waals surface area contributed by atoms with E-state index in [1.54, 1.807) is 0 Å². The second-order valence-corrected chi connectivity index (χ2v) is 6.88. The Morgan fingerprint density at radius 2 is 2.00 bits per heavy atom. The Balaban J connectivity index is 0.00000338. The molecule has 0 bridgehead atoms. The molecule has 1 fully saturated rings. The van der Waals surface area contributed by atoms with E-state index in [0.29, 0.717) is 5.92 Å². The maximum absolute atomic E-state index is 5.93. The van der Waals surface area contributed by atoms with E-state index in [9.17, 15) is 0 Å². The molecule has 1 aliphatic rings. The minimum Gasteiger partial charge on any atom is -0.381 e. The smallest absolute Gasteiger partial charge is 0.193 e. The summed E-state index contributed by atoms with van der Waals surface area (Å²) in [4.78, 5) is 6.45. The van der Waals surface area contributed by atoms with Crippen molar-refractivity contribution in [3.8, 4) is 0 Å². The quantitative estimate of drug-likeness (QED) is 0.258. The second kappa shape index (κ2) is 13.6. The molecule has 0 aromatic heterocycles. The number of ether oxygens (including phenoxy) is 2. The molecular formula is C19H31ClIN3O2. The van der Waals surface area contributed by atoms with Gasteiger partial charge in [0.1, 0.15) is 0 Å². The number of hydrogen-bond donors (Lipinski definition) is 1. The number of benzene rings is 1. The maximum Gasteiger partial charge on any atom is 0.193 e. The van der Waals surface area contributed by atoms with Crippen LogP contribution < -0.4 is 5.32 Å². The Labute approximate surface area is 179 Å². The van der Waals surface area contributed by atoms with Gasteiger partial charge < -0.3 is 19.7 Å². The topological polar surface area (TPSA) is 46.1 Å². The van der Waals surface area contributed by atoms with E-state index in [-0.39, 0.29) is 24.0 Å². The van der Waals surface area contributed by atoms with Gasteiger partial charge in [0.25, 0.3) is 0 Å². The van der Waals surface area contributed by atoms with Gasteiger partial charge in [0.2, 0.25) is 0 Å². The molecule has 1 heterocycles. The lowest BCUT2D eigenvalue weighted by atomic mass is 10.0. The summed E-state index contributed by atoms with van der Waals surface area (Å²) < 4.78 is 11.2. The number of hydrogen-bond acceptors (Lipinski definition) is 3. The Morgan fingerprint density at radius 3 is 2.65 bits per heavy atom. The fourth-order valence-electron chi connectivity index (χ4n) is 2.86. The van der Waals surface area contributed by atoms with Crippen LogP contribution in [0, 0.1) is 5.92 Å². The summed E-state index contributed by atoms with van der Waals surface area (Å²) in [7, 11) is 3.84. The monoisotopic (exact) mass is 495 g/mol. The molecule has 26 heavy (non-hydrogen) atoms. The van der Waals surface area contributed by atoms with Crippen LogP contribution in [-0.4, -0.2) is 57.9 Å². The summed E-state index contributed by atoms with van der Waals surface area (Å²) in [6.45, 7) is 5.04. The van der Waals surface area contributed by atoms with Crippen LogP contribution in [0.2, 0.25) is 5.02 Å². The molecule has 1 aliphatic heterocycles. The molecule has 0 spiro atoms. The molecule has 1 aromatic carbocycles. The summed E-state index contributed by atoms with van der Waals surface area (Å²) in [6.07, 6.45) is 3.22. The number of rotatable bonds is 8. The predicted molar refractivity (Wildman–Crippen MR) is 119 cm³/mol. The van der Waals surface area contributed by atoms with E-state index in [1.165, 1.54) is 5.56 Å². The van der Waals surface area contributed by atoms with Crippen LogP contribution in [0.15, 0.2) is 29.3 Å². The van der Waals surface area contributed by atoms with Gasteiger partial charge >= 0.3 is 0 Å². The molecule has 0 atom stereocenters. The first-order valence-electron chi connectivity index (χ1n) is 9.00. The third-order valence-corrected chi connectivity index (χ3v) is 4.60. The van der Waals surface area contributed by atoms with Gasteiger partial charge in [-0.1, -0.05) is 23.7 Å². The van der Waals surface area contributed by atoms with Gasteiger partial charge in [0, 0.05) is 58.6 Å². The molecular weight excluding hydrogens is 465 g/mol. The molecule has 1 N–H and O–H groups in total. The van der Waals surface area contributed by atoms with Crippen molar-refractivity contribution in [1.29, 1.82) is 0 Å². The molecule has 0 amide bonds. The number of nitrogens with zero attached hydrogens (tertiary/aromatic N) is 2. The number of guanidine groups is 1. The first-order valence-corrected chi connectivity index (χ1v) is 9.38. The van der Waals surface area contributed by atoms with E-state index in [1.807, 2.05) is 38.4 Å². The maximum atomic E-state index is 5.93. The molecule has 2 rings (SSSR count). The average molecular weight is 496 g/mol. The summed E-state index contributed by atoms with van der Waals surface area (Å²) in [5.41, 5.74) is 1.20. The number of halogens is 2. The minimum atomic E-state index is 0. The van der Waals surface area contributed by atoms with Crippen molar-refractivity contribution < 1.29 is 9.47 Å². The van der Waals surface area contributed by atoms with Crippen LogP contribution in [0.1, 0.15) is 24.8 Å². The van der Waals surface area contributed by atoms with Crippen molar-refractivity contribution in [2.75, 3.05) is 47.1 Å². The molecule has 0 aliphatic carbocycles. The van der Waals surface area contributed by atoms with Crippen LogP contribution in [0.5, 0.6) is 0 Å². The van der Waals surface area contributed by atoms with Crippen molar-refractivity contribution in [1.82, 2.24) is 10.2 Å². The summed E-state index contributed by atoms with van der Waals surface area (Å²) in [5, 5.41) is 4.15. The molecule has 7 heteroatoms. The van der Waals surface area contributed by atoms with E-state index in [2.05, 4.69) is 15.2 Å². The largest absolute Gasteiger partial charge is 0.381 e. The Morgan fingerprint density at radius 1 is 1.31 bits per heavy atom. The summed E-state index contributed by atoms with van der Waals surface area (Å²) >= 11 is 5.93. The third-order valence-electron chi connectivity index (χ3n) is 4.35. The van der Waals surface area contributed by atoms with Crippen molar-refractivity contribution in [3.05, 3.63) is 34.9 Å². The van der Waals surface area contributed by atoms with E-state index in [0.717, 1.165) is 69.8 Å². The van der Waals surface area contributed by atoms with Gasteiger partial charge in [-0.2, -0.15) is 0 Å². The van der Waals surface area contributed by atoms with Crippen LogP contribution in [0.25, 0.3) is 0 Å². The molecule has 5 nitrogen and oxygen atoms in total. The third kappa shape index (κ3) is 8.88. The van der Waals surface area contributed by atoms with E-state index >= 15 is 0 Å². The lowest BCUT2D eigenvalue weighted by molar-refractivity contribution is 0.0203. The van der Waals surface area contributed by atoms with Crippen molar-refractivity contribution in [2.24, 2.45) is 10.9 Å². The average Bonchev–Trinajstić information content (AvgIpc) is 2.64. The summed E-state index contributed by atoms with van der Waals surface area (Å²) in [5.74, 6) is 1.55. The van der Waals surface area contributed by atoms with Gasteiger partial charge in [0.05, 0.1) is 0 Å². The van der Waals surface area contributed by atoms with Gasteiger partial charge in [-0.05, 0) is 42.9 Å². The molecule has 0 saturated carbocycles. The van der Waals surface area contributed by atoms with Crippen molar-refractivity contribution >= 4 is 41.5 Å². The minimum absolute atomic E-state index is 0. The highest BCUT2D eigenvalue weighted by Gasteiger charge is 2.13. The predicted octanol–water partition coefficient (Wildman–Crippen LogP) is 3.80. The lowest BCUT2D eigenvalue weighted by Gasteiger charge is -2.23. The zero-order valence-corrected chi connectivity index (χ0v) is 18.8. The Bertz CT molecular complexity index is 522. The molecule has 0 unspecified atom stereocenters. The molecule has 1 aromatic rings. The second-order valence-electron chi connectivity index (χ2n) is 6.44. The first-order chi connectivity index (χ1) is 12.2. The molecule has 148 valence electrons. The Hall–Kier alpha value is -0.570. The standard InChI is InChI=1S/C19H30ClN3O2.HI/c1-21-19(23(2)14-16-4-6-18(20)7-5-16)22-10-3-11-25-15-17-8-12-24-13-9-17;/h4-7,17H,3,8-15H2,1-2H3,(H,21,22);1H. The fraction of sp³-hybridized carbons (Fsp3) is 0.632. The van der Waals surface area contributed by atoms with E-state index in [4.69, 9.17) is 21.1 Å². The number of nitrogens with one attached hydrogen (secondary N) is 1. The highest BCUT2D eigenvalue weighted by atomic mass is 127. The van der Waals surface area contributed by atoms with Gasteiger partial charge in [-0.3, -0.25) is 4.99 Å². The molecule has 0 radical (unpaired) electrons. The first kappa shape index (κ1) is 23.5. The van der Waals surface area contributed by atoms with Crippen LogP contribution in [0.4, 0.5) is 0 Å². The van der Waals surface area contributed by atoms with Gasteiger partial charge in [-0.25, -0.2) is 0 Å². The highest BCUT2D eigenvalue weighted by Crippen LogP contribution is 2.14. The van der Waals surface area contributed by atoms with Crippen LogP contribution >= 0.6 is 35.6 Å². The zero-order chi connectivity index (χ0) is 17.9. The van der Waals surface area contributed by atoms with Crippen molar-refractivity contribution in [3.63, 3.8) is 0 Å². The van der Waals surface area contributed by atoms with Crippen LogP contribution in [0.3, 0.4) is 0 Å². The van der Waals surface area contributed by atoms with Crippen LogP contribution in [-0.2, 0) is 16.0 Å². The Kier molecular flexibility index (Phi) is 12.3. The van der Waals surface area contributed by atoms with Gasteiger partial charge in [-0.15, -0.1) is 24.0 Å². The molecule has 1 saturated heterocycles. The fourth-order valence-corrected chi connectivity index (χ4v) is 2.99. The normalized spacial score (nSPS) is 15.4. The van der Waals surface area contributed by atoms with E-state index < -0.39 is 0 Å². The lowest BCUT2D eigenvalue weighted by Crippen LogP contribution is -2.39. The number of aliphatic imine (C=N–C) groups is 1. The van der Waals surface area contributed by atoms with Crippen molar-refractivity contribution in [2.45, 2.75) is 25.8 Å². The highest BCUT2D eigenvalue weighted by molar-refractivity contribution is 14.0. The SMILES string of the molecule is CN=C(NCCCOCC1CCOCC1)N(C)Cc1ccc(Cl)cc1.I. The van der Waals surface area contributed by atoms with Gasteiger partial charge in [0.15, 0.2) is 5.96 Å². The zero-order valence-electron chi connectivity index (χ0n) is 15.7.